The van der Waals surface area contributed by atoms with Crippen LogP contribution in [0.25, 0.3) is 0 Å². The first-order valence-corrected chi connectivity index (χ1v) is 11.5. The zero-order valence-corrected chi connectivity index (χ0v) is 18.9. The summed E-state index contributed by atoms with van der Waals surface area (Å²) in [5, 5.41) is 5.74. The Hall–Kier alpha value is -3.93. The van der Waals surface area contributed by atoms with Crippen molar-refractivity contribution >= 4 is 17.8 Å². The van der Waals surface area contributed by atoms with Gasteiger partial charge < -0.3 is 15.4 Å². The molecule has 2 N–H and O–H groups in total. The maximum atomic E-state index is 12.9. The predicted molar refractivity (Wildman–Crippen MR) is 129 cm³/mol. The molecule has 0 aliphatic heterocycles. The molecule has 2 atom stereocenters. The van der Waals surface area contributed by atoms with Crippen LogP contribution >= 0.6 is 0 Å². The van der Waals surface area contributed by atoms with Gasteiger partial charge in [-0.25, -0.2) is 4.79 Å². The number of carbonyl (C=O) groups is 3. The highest BCUT2D eigenvalue weighted by Crippen LogP contribution is 2.29. The van der Waals surface area contributed by atoms with Gasteiger partial charge in [0.25, 0.3) is 11.8 Å². The second-order valence-electron chi connectivity index (χ2n) is 8.40. The van der Waals surface area contributed by atoms with E-state index in [0.717, 1.165) is 30.4 Å². The molecule has 2 amide bonds. The number of fused-ring (bicyclic) bond motifs is 1. The van der Waals surface area contributed by atoms with Crippen molar-refractivity contribution in [3.8, 4) is 0 Å². The smallest absolute Gasteiger partial charge is 0.329 e. The van der Waals surface area contributed by atoms with Gasteiger partial charge in [0.1, 0.15) is 6.04 Å². The average Bonchev–Trinajstić information content (AvgIpc) is 2.88. The van der Waals surface area contributed by atoms with Crippen LogP contribution < -0.4 is 10.6 Å². The minimum atomic E-state index is -0.918. The normalized spacial score (nSPS) is 15.5. The first-order chi connectivity index (χ1) is 16.6. The molecule has 174 valence electrons. The summed E-state index contributed by atoms with van der Waals surface area (Å²) in [5.41, 5.74) is 3.68. The van der Waals surface area contributed by atoms with Crippen LogP contribution in [0.4, 0.5) is 0 Å². The quantitative estimate of drug-likeness (QED) is 0.506. The van der Waals surface area contributed by atoms with Crippen molar-refractivity contribution in [3.63, 3.8) is 0 Å². The van der Waals surface area contributed by atoms with Crippen molar-refractivity contribution in [2.24, 2.45) is 0 Å². The summed E-state index contributed by atoms with van der Waals surface area (Å²) in [5.74, 6) is -1.38. The van der Waals surface area contributed by atoms with Gasteiger partial charge in [0.05, 0.1) is 6.04 Å². The fourth-order valence-corrected chi connectivity index (χ4v) is 4.25. The maximum Gasteiger partial charge on any atom is 0.329 e. The summed E-state index contributed by atoms with van der Waals surface area (Å²) >= 11 is 0. The van der Waals surface area contributed by atoms with Gasteiger partial charge in [-0.2, -0.15) is 0 Å². The molecule has 1 aliphatic carbocycles. The predicted octanol–water partition coefficient (Wildman–Crippen LogP) is 3.76. The van der Waals surface area contributed by atoms with E-state index >= 15 is 0 Å². The highest BCUT2D eigenvalue weighted by atomic mass is 16.5. The molecular weight excluding hydrogens is 428 g/mol. The third-order valence-corrected chi connectivity index (χ3v) is 5.96. The van der Waals surface area contributed by atoms with Crippen LogP contribution in [0.3, 0.4) is 0 Å². The largest absolute Gasteiger partial charge is 0.454 e. The van der Waals surface area contributed by atoms with Crippen molar-refractivity contribution in [2.45, 2.75) is 37.8 Å². The summed E-state index contributed by atoms with van der Waals surface area (Å²) in [7, 11) is 0. The Bertz CT molecular complexity index is 1130. The first-order valence-electron chi connectivity index (χ1n) is 11.5. The number of rotatable bonds is 8. The van der Waals surface area contributed by atoms with Crippen LogP contribution in [-0.4, -0.2) is 30.4 Å². The Morgan fingerprint density at radius 1 is 0.882 bits per heavy atom. The maximum absolute atomic E-state index is 12.9. The van der Waals surface area contributed by atoms with Gasteiger partial charge in [-0.15, -0.1) is 0 Å². The van der Waals surface area contributed by atoms with E-state index in [1.807, 2.05) is 54.6 Å². The van der Waals surface area contributed by atoms with Gasteiger partial charge in [-0.05, 0) is 48.1 Å². The summed E-state index contributed by atoms with van der Waals surface area (Å²) < 4.78 is 5.34. The number of amides is 2. The average molecular weight is 457 g/mol. The van der Waals surface area contributed by atoms with E-state index in [-0.39, 0.29) is 24.3 Å². The Kier molecular flexibility index (Phi) is 7.71. The fourth-order valence-electron chi connectivity index (χ4n) is 4.25. The summed E-state index contributed by atoms with van der Waals surface area (Å²) in [6, 6.07) is 25.1. The summed E-state index contributed by atoms with van der Waals surface area (Å²) in [6.07, 6.45) is 3.10. The number of hydrogen-bond donors (Lipinski definition) is 2. The van der Waals surface area contributed by atoms with Crippen LogP contribution in [0.2, 0.25) is 0 Å². The van der Waals surface area contributed by atoms with E-state index in [1.165, 1.54) is 5.56 Å². The monoisotopic (exact) mass is 456 g/mol. The molecule has 34 heavy (non-hydrogen) atoms. The molecular formula is C28H28N2O4. The summed E-state index contributed by atoms with van der Waals surface area (Å²) in [6.45, 7) is -0.399. The Balaban J connectivity index is 1.38. The van der Waals surface area contributed by atoms with Crippen LogP contribution in [0.15, 0.2) is 84.9 Å². The molecule has 4 rings (SSSR count). The molecule has 6 heteroatoms. The van der Waals surface area contributed by atoms with Gasteiger partial charge in [0, 0.05) is 12.0 Å². The molecule has 0 radical (unpaired) electrons. The molecule has 0 bridgehead atoms. The third-order valence-electron chi connectivity index (χ3n) is 5.96. The number of nitrogens with one attached hydrogen (secondary N) is 2. The lowest BCUT2D eigenvalue weighted by atomic mass is 9.88. The fraction of sp³-hybridized carbons (Fsp3) is 0.250. The molecule has 0 heterocycles. The second kappa shape index (κ2) is 11.3. The van der Waals surface area contributed by atoms with E-state index in [2.05, 4.69) is 16.7 Å². The number of carbonyl (C=O) groups excluding carboxylic acids is 3. The Morgan fingerprint density at radius 3 is 2.32 bits per heavy atom. The van der Waals surface area contributed by atoms with Gasteiger partial charge >= 0.3 is 5.97 Å². The highest BCUT2D eigenvalue weighted by molar-refractivity contribution is 5.97. The minimum Gasteiger partial charge on any atom is -0.454 e. The van der Waals surface area contributed by atoms with Crippen LogP contribution in [0.5, 0.6) is 0 Å². The van der Waals surface area contributed by atoms with Crippen molar-refractivity contribution in [1.29, 1.82) is 0 Å². The topological polar surface area (TPSA) is 84.5 Å². The zero-order chi connectivity index (χ0) is 23.8. The van der Waals surface area contributed by atoms with Crippen LogP contribution in [0.1, 0.15) is 45.9 Å². The zero-order valence-electron chi connectivity index (χ0n) is 18.9. The third kappa shape index (κ3) is 6.10. The molecule has 3 aromatic rings. The molecule has 2 unspecified atom stereocenters. The van der Waals surface area contributed by atoms with Crippen LogP contribution in [0, 0.1) is 0 Å². The highest BCUT2D eigenvalue weighted by Gasteiger charge is 2.26. The molecule has 0 spiro atoms. The number of ether oxygens (including phenoxy) is 1. The lowest BCUT2D eigenvalue weighted by Gasteiger charge is -2.26. The van der Waals surface area contributed by atoms with E-state index in [0.29, 0.717) is 5.56 Å². The summed E-state index contributed by atoms with van der Waals surface area (Å²) in [4.78, 5) is 38.1. The Labute approximate surface area is 199 Å². The van der Waals surface area contributed by atoms with Crippen molar-refractivity contribution in [3.05, 3.63) is 107 Å². The molecule has 1 aliphatic rings. The van der Waals surface area contributed by atoms with Crippen LogP contribution in [-0.2, 0) is 27.2 Å². The second-order valence-corrected chi connectivity index (χ2v) is 8.40. The van der Waals surface area contributed by atoms with E-state index < -0.39 is 18.6 Å². The number of esters is 1. The first kappa shape index (κ1) is 23.2. The molecule has 0 aromatic heterocycles. The standard InChI is InChI=1S/C28H28N2O4/c31-26(29-24-17-9-15-21-12-7-8-16-23(21)24)19-34-28(33)25(18-20-10-3-1-4-11-20)30-27(32)22-13-5-2-6-14-22/h1-8,10-14,16,24-25H,9,15,17-19H2,(H,29,31)(H,30,32). The van der Waals surface area contributed by atoms with Crippen molar-refractivity contribution in [2.75, 3.05) is 6.61 Å². The van der Waals surface area contributed by atoms with Crippen molar-refractivity contribution < 1.29 is 19.1 Å². The Morgan fingerprint density at radius 2 is 1.56 bits per heavy atom. The lowest BCUT2D eigenvalue weighted by molar-refractivity contribution is -0.150. The van der Waals surface area contributed by atoms with E-state index in [1.54, 1.807) is 24.3 Å². The van der Waals surface area contributed by atoms with Gasteiger partial charge in [0.2, 0.25) is 0 Å². The number of aryl methyl sites for hydroxylation is 1. The van der Waals surface area contributed by atoms with E-state index in [4.69, 9.17) is 4.74 Å². The number of hydrogen-bond acceptors (Lipinski definition) is 4. The lowest BCUT2D eigenvalue weighted by Crippen LogP contribution is -2.44. The van der Waals surface area contributed by atoms with Gasteiger partial charge in [-0.1, -0.05) is 72.8 Å². The molecule has 0 saturated heterocycles. The SMILES string of the molecule is O=C(COC(=O)C(Cc1ccccc1)NC(=O)c1ccccc1)NC1CCCc2ccccc21. The number of benzene rings is 3. The minimum absolute atomic E-state index is 0.0888. The van der Waals surface area contributed by atoms with E-state index in [9.17, 15) is 14.4 Å². The molecule has 6 nitrogen and oxygen atoms in total. The molecule has 0 saturated carbocycles. The van der Waals surface area contributed by atoms with Gasteiger partial charge in [0.15, 0.2) is 6.61 Å². The van der Waals surface area contributed by atoms with Gasteiger partial charge in [-0.3, -0.25) is 9.59 Å². The molecule has 0 fully saturated rings. The van der Waals surface area contributed by atoms with Crippen molar-refractivity contribution in [1.82, 2.24) is 10.6 Å². The molecule has 3 aromatic carbocycles.